The van der Waals surface area contributed by atoms with E-state index in [0.717, 1.165) is 5.56 Å². The van der Waals surface area contributed by atoms with Crippen LogP contribution in [0.5, 0.6) is 0 Å². The van der Waals surface area contributed by atoms with Crippen LogP contribution in [0.4, 0.5) is 0 Å². The molecular weight excluding hydrogens is 326 g/mol. The summed E-state index contributed by atoms with van der Waals surface area (Å²) in [5.41, 5.74) is 1.26. The topological polar surface area (TPSA) is 82.7 Å². The summed E-state index contributed by atoms with van der Waals surface area (Å²) in [5.74, 6) is -0.551. The number of esters is 1. The van der Waals surface area contributed by atoms with Crippen LogP contribution in [0, 0.1) is 0 Å². The Morgan fingerprint density at radius 1 is 1.46 bits per heavy atom. The molecule has 8 heteroatoms. The van der Waals surface area contributed by atoms with Gasteiger partial charge in [-0.25, -0.2) is 4.79 Å². The van der Waals surface area contributed by atoms with Gasteiger partial charge in [0.15, 0.2) is 0 Å². The molecule has 0 N–H and O–H groups in total. The van der Waals surface area contributed by atoms with Gasteiger partial charge in [0.1, 0.15) is 6.54 Å². The van der Waals surface area contributed by atoms with E-state index in [1.165, 1.54) is 22.7 Å². The molecule has 24 heavy (non-hydrogen) atoms. The number of hydrogen-bond donors (Lipinski definition) is 0. The lowest BCUT2D eigenvalue weighted by atomic mass is 10.2. The smallest absolute Gasteiger partial charge is 0.371 e. The molecule has 0 amide bonds. The van der Waals surface area contributed by atoms with E-state index in [4.69, 9.17) is 10.1 Å². The zero-order valence-corrected chi connectivity index (χ0v) is 14.2. The Hall–Kier alpha value is -2.70. The Labute approximate surface area is 144 Å². The molecule has 0 fully saturated rings. The number of aliphatic imine (C=N–C) groups is 1. The van der Waals surface area contributed by atoms with Crippen LogP contribution in [0.15, 0.2) is 53.0 Å². The lowest BCUT2D eigenvalue weighted by molar-refractivity contribution is -0.579. The van der Waals surface area contributed by atoms with Crippen LogP contribution in [0.3, 0.4) is 0 Å². The average Bonchev–Trinajstić information content (AvgIpc) is 3.03. The maximum absolute atomic E-state index is 12.3. The van der Waals surface area contributed by atoms with Crippen LogP contribution in [0.2, 0.25) is 0 Å². The van der Waals surface area contributed by atoms with Gasteiger partial charge in [-0.05, 0) is 18.7 Å². The van der Waals surface area contributed by atoms with E-state index in [9.17, 15) is 4.79 Å². The quantitative estimate of drug-likeness (QED) is 0.333. The molecule has 2 aromatic rings. The third kappa shape index (κ3) is 4.41. The number of benzene rings is 1. The first kappa shape index (κ1) is 17.7. The van der Waals surface area contributed by atoms with Crippen LogP contribution < -0.4 is 4.57 Å². The Balaban J connectivity index is 2.37. The summed E-state index contributed by atoms with van der Waals surface area (Å²) >= 11 is 1.20. The monoisotopic (exact) mass is 343 g/mol. The summed E-state index contributed by atoms with van der Waals surface area (Å²) < 4.78 is 8.29. The molecule has 0 atom stereocenters. The van der Waals surface area contributed by atoms with Crippen molar-refractivity contribution in [2.75, 3.05) is 12.9 Å². The number of carbonyl (C=O) groups excluding carboxylic acids is 1. The van der Waals surface area contributed by atoms with Crippen molar-refractivity contribution in [2.45, 2.75) is 13.5 Å². The molecule has 0 saturated carbocycles. The summed E-state index contributed by atoms with van der Waals surface area (Å²) in [6.07, 6.45) is 4.91. The van der Waals surface area contributed by atoms with Crippen molar-refractivity contribution in [1.29, 1.82) is 0 Å². The van der Waals surface area contributed by atoms with Gasteiger partial charge < -0.3 is 15.1 Å². The number of thioether (sulfide) groups is 1. The fraction of sp³-hybridized carbons (Fsp3) is 0.250. The fourth-order valence-corrected chi connectivity index (χ4v) is 2.55. The largest absolute Gasteiger partial charge is 0.460 e. The summed E-state index contributed by atoms with van der Waals surface area (Å²) in [7, 11) is 0. The normalized spacial score (nSPS) is 11.4. The maximum Gasteiger partial charge on any atom is 0.371 e. The Morgan fingerprint density at radius 3 is 2.83 bits per heavy atom. The van der Waals surface area contributed by atoms with Crippen molar-refractivity contribution < 1.29 is 14.1 Å². The second-order valence-electron chi connectivity index (χ2n) is 4.63. The summed E-state index contributed by atoms with van der Waals surface area (Å²) in [6.45, 7) is 2.52. The third-order valence-electron chi connectivity index (χ3n) is 3.04. The number of ether oxygens (including phenoxy) is 1. The first-order chi connectivity index (χ1) is 11.7. The van der Waals surface area contributed by atoms with E-state index in [2.05, 4.69) is 10.1 Å². The van der Waals surface area contributed by atoms with E-state index in [-0.39, 0.29) is 17.3 Å². The van der Waals surface area contributed by atoms with Crippen molar-refractivity contribution in [3.63, 3.8) is 0 Å². The molecule has 0 aliphatic rings. The van der Waals surface area contributed by atoms with E-state index >= 15 is 0 Å². The summed E-state index contributed by atoms with van der Waals surface area (Å²) in [6, 6.07) is 11.5. The van der Waals surface area contributed by atoms with Crippen molar-refractivity contribution in [3.8, 4) is 0 Å². The molecule has 7 nitrogen and oxygen atoms in total. The molecule has 0 unspecified atom stereocenters. The lowest BCUT2D eigenvalue weighted by Gasteiger charge is -2.09. The number of carbonyl (C=O) groups is 1. The van der Waals surface area contributed by atoms with Gasteiger partial charge in [-0.15, -0.1) is 16.4 Å². The minimum absolute atomic E-state index is 0.171. The van der Waals surface area contributed by atoms with Crippen LogP contribution >= 0.6 is 11.8 Å². The van der Waals surface area contributed by atoms with Gasteiger partial charge in [0, 0.05) is 10.1 Å². The standard InChI is InChI=1S/C16H17N5O2S/c1-3-23-16(22)14(15(24-2)18-10-17)20-11-19-21(12-20)9-13-7-5-4-6-8-13/h4-8,11-12H,3,9H2,1-2H3/b15-14-. The SMILES string of the molecule is CCOC(=O)/C(=C(\N=C=[N-])SC)[n+]1cnn(Cc2ccccc2)c1. The average molecular weight is 343 g/mol. The number of nitrogens with zero attached hydrogens (tertiary/aromatic N) is 5. The lowest BCUT2D eigenvalue weighted by Crippen LogP contribution is -2.36. The molecule has 1 aromatic heterocycles. The van der Waals surface area contributed by atoms with Crippen molar-refractivity contribution >= 4 is 29.4 Å². The van der Waals surface area contributed by atoms with Gasteiger partial charge >= 0.3 is 5.97 Å². The molecule has 0 spiro atoms. The molecule has 0 saturated heterocycles. The van der Waals surface area contributed by atoms with Crippen LogP contribution in [-0.2, 0) is 16.1 Å². The Bertz CT molecular complexity index is 779. The van der Waals surface area contributed by atoms with Gasteiger partial charge in [0.05, 0.1) is 6.61 Å². The second kappa shape index (κ2) is 8.81. The number of rotatable bonds is 7. The van der Waals surface area contributed by atoms with E-state index in [0.29, 0.717) is 6.54 Å². The highest BCUT2D eigenvalue weighted by Gasteiger charge is 2.22. The van der Waals surface area contributed by atoms with Gasteiger partial charge in [-0.2, -0.15) is 10.6 Å². The highest BCUT2D eigenvalue weighted by Crippen LogP contribution is 2.19. The maximum atomic E-state index is 12.3. The zero-order chi connectivity index (χ0) is 17.4. The minimum atomic E-state index is -0.551. The molecule has 0 radical (unpaired) electrons. The van der Waals surface area contributed by atoms with Gasteiger partial charge in [0.2, 0.25) is 12.0 Å². The molecule has 124 valence electrons. The summed E-state index contributed by atoms with van der Waals surface area (Å²) in [4.78, 5) is 16.0. The highest BCUT2D eigenvalue weighted by atomic mass is 32.2. The first-order valence-corrected chi connectivity index (χ1v) is 8.45. The van der Waals surface area contributed by atoms with Gasteiger partial charge in [-0.3, -0.25) is 0 Å². The molecule has 0 bridgehead atoms. The molecule has 0 aliphatic heterocycles. The Kier molecular flexibility index (Phi) is 6.48. The first-order valence-electron chi connectivity index (χ1n) is 7.22. The van der Waals surface area contributed by atoms with Gasteiger partial charge in [-0.1, -0.05) is 30.3 Å². The zero-order valence-electron chi connectivity index (χ0n) is 13.4. The highest BCUT2D eigenvalue weighted by molar-refractivity contribution is 8.02. The molecular formula is C16H17N5O2S. The van der Waals surface area contributed by atoms with E-state index < -0.39 is 5.97 Å². The fourth-order valence-electron chi connectivity index (χ4n) is 2.04. The number of aromatic nitrogens is 3. The Morgan fingerprint density at radius 2 is 2.21 bits per heavy atom. The minimum Gasteiger partial charge on any atom is -0.460 e. The predicted molar refractivity (Wildman–Crippen MR) is 92.1 cm³/mol. The van der Waals surface area contributed by atoms with Gasteiger partial charge in [0.25, 0.3) is 6.33 Å². The van der Waals surface area contributed by atoms with Crippen LogP contribution in [0.1, 0.15) is 12.5 Å². The molecule has 1 aromatic carbocycles. The number of hydrogen-bond acceptors (Lipinski definition) is 5. The summed E-state index contributed by atoms with van der Waals surface area (Å²) in [5, 5.41) is 13.4. The molecule has 1 heterocycles. The van der Waals surface area contributed by atoms with Crippen molar-refractivity contribution in [1.82, 2.24) is 9.78 Å². The van der Waals surface area contributed by atoms with Crippen molar-refractivity contribution in [2.24, 2.45) is 4.99 Å². The van der Waals surface area contributed by atoms with Crippen LogP contribution in [-0.4, -0.2) is 34.6 Å². The van der Waals surface area contributed by atoms with E-state index in [1.54, 1.807) is 30.2 Å². The molecule has 0 aliphatic carbocycles. The molecule has 2 rings (SSSR count). The van der Waals surface area contributed by atoms with E-state index in [1.807, 2.05) is 30.3 Å². The third-order valence-corrected chi connectivity index (χ3v) is 3.72. The second-order valence-corrected chi connectivity index (χ2v) is 5.42. The predicted octanol–water partition coefficient (Wildman–Crippen LogP) is 2.01. The van der Waals surface area contributed by atoms with Crippen LogP contribution in [0.25, 0.3) is 11.1 Å². The van der Waals surface area contributed by atoms with Crippen molar-refractivity contribution in [3.05, 3.63) is 59.0 Å².